The minimum Gasteiger partial charge on any atom is -0.290 e. The first-order chi connectivity index (χ1) is 10.6. The van der Waals surface area contributed by atoms with Crippen LogP contribution in [0, 0.1) is 10.1 Å². The number of hydrogen-bond donors (Lipinski definition) is 0. The van der Waals surface area contributed by atoms with Crippen LogP contribution in [0.1, 0.15) is 18.1 Å². The largest absolute Gasteiger partial charge is 0.290 e. The van der Waals surface area contributed by atoms with Crippen molar-refractivity contribution in [3.05, 3.63) is 87.5 Å². The molecule has 0 radical (unpaired) electrons. The number of carbonyl (C=O) groups is 1. The molecule has 4 nitrogen and oxygen atoms in total. The first kappa shape index (κ1) is 15.4. The molecule has 0 atom stereocenters. The molecule has 2 rings (SSSR count). The maximum absolute atomic E-state index is 12.1. The molecule has 0 bridgehead atoms. The van der Waals surface area contributed by atoms with Gasteiger partial charge in [0.05, 0.1) is 4.92 Å². The van der Waals surface area contributed by atoms with Gasteiger partial charge in [0.2, 0.25) is 0 Å². The maximum atomic E-state index is 12.1. The van der Waals surface area contributed by atoms with Gasteiger partial charge in [-0.3, -0.25) is 14.9 Å². The molecule has 0 spiro atoms. The lowest BCUT2D eigenvalue weighted by atomic mass is 10.1. The molecular weight excluding hydrogens is 278 g/mol. The van der Waals surface area contributed by atoms with E-state index in [1.165, 1.54) is 18.2 Å². The lowest BCUT2D eigenvalue weighted by Gasteiger charge is -1.97. The first-order valence-corrected chi connectivity index (χ1v) is 6.76. The standard InChI is InChI=1S/C18H15NO3/c1-14(12-15-6-3-2-4-7-15)18(20)11-10-16-8-5-9-17(13-16)19(21)22/h2-13H,1H3/b11-10-,14-12-. The number of nitro groups is 1. The zero-order valence-corrected chi connectivity index (χ0v) is 12.1. The van der Waals surface area contributed by atoms with E-state index in [0.717, 1.165) is 5.56 Å². The van der Waals surface area contributed by atoms with Crippen LogP contribution in [0.15, 0.2) is 66.2 Å². The summed E-state index contributed by atoms with van der Waals surface area (Å²) in [6.45, 7) is 1.74. The van der Waals surface area contributed by atoms with Crippen molar-refractivity contribution in [2.75, 3.05) is 0 Å². The van der Waals surface area contributed by atoms with Crippen LogP contribution in [0.5, 0.6) is 0 Å². The normalized spacial score (nSPS) is 11.6. The molecular formula is C18H15NO3. The van der Waals surface area contributed by atoms with Gasteiger partial charge in [0.1, 0.15) is 0 Å². The van der Waals surface area contributed by atoms with Crippen LogP contribution in [0.3, 0.4) is 0 Å². The molecule has 0 aliphatic rings. The van der Waals surface area contributed by atoms with Crippen LogP contribution in [-0.2, 0) is 4.79 Å². The van der Waals surface area contributed by atoms with E-state index < -0.39 is 4.92 Å². The summed E-state index contributed by atoms with van der Waals surface area (Å²) in [6, 6.07) is 15.7. The fourth-order valence-corrected chi connectivity index (χ4v) is 1.92. The smallest absolute Gasteiger partial charge is 0.270 e. The Morgan fingerprint density at radius 2 is 1.73 bits per heavy atom. The Morgan fingerprint density at radius 3 is 2.41 bits per heavy atom. The molecule has 0 saturated carbocycles. The Balaban J connectivity index is 2.13. The van der Waals surface area contributed by atoms with Gasteiger partial charge in [-0.1, -0.05) is 48.5 Å². The number of nitrogens with zero attached hydrogens (tertiary/aromatic N) is 1. The van der Waals surface area contributed by atoms with Crippen molar-refractivity contribution in [1.82, 2.24) is 0 Å². The molecule has 2 aromatic rings. The van der Waals surface area contributed by atoms with Crippen molar-refractivity contribution in [2.45, 2.75) is 6.92 Å². The fraction of sp³-hybridized carbons (Fsp3) is 0.0556. The van der Waals surface area contributed by atoms with E-state index in [-0.39, 0.29) is 11.5 Å². The predicted molar refractivity (Wildman–Crippen MR) is 87.2 cm³/mol. The molecule has 0 aliphatic heterocycles. The van der Waals surface area contributed by atoms with Gasteiger partial charge in [-0.2, -0.15) is 0 Å². The highest BCUT2D eigenvalue weighted by molar-refractivity contribution is 6.08. The second-order valence-corrected chi connectivity index (χ2v) is 4.79. The predicted octanol–water partition coefficient (Wildman–Crippen LogP) is 4.28. The Bertz CT molecular complexity index is 746. The zero-order valence-electron chi connectivity index (χ0n) is 12.1. The summed E-state index contributed by atoms with van der Waals surface area (Å²) in [5.74, 6) is -0.129. The molecule has 0 amide bonds. The highest BCUT2D eigenvalue weighted by Gasteiger charge is 2.04. The molecule has 22 heavy (non-hydrogen) atoms. The monoisotopic (exact) mass is 293 g/mol. The minimum atomic E-state index is -0.459. The van der Waals surface area contributed by atoms with E-state index in [4.69, 9.17) is 0 Å². The molecule has 0 fully saturated rings. The average molecular weight is 293 g/mol. The zero-order chi connectivity index (χ0) is 15.9. The molecule has 0 aliphatic carbocycles. The van der Waals surface area contributed by atoms with Crippen LogP contribution in [0.25, 0.3) is 12.2 Å². The van der Waals surface area contributed by atoms with Gasteiger partial charge in [0.25, 0.3) is 5.69 Å². The van der Waals surface area contributed by atoms with Gasteiger partial charge in [-0.25, -0.2) is 0 Å². The molecule has 0 heterocycles. The molecule has 0 saturated heterocycles. The van der Waals surface area contributed by atoms with E-state index in [2.05, 4.69) is 0 Å². The summed E-state index contributed by atoms with van der Waals surface area (Å²) in [6.07, 6.45) is 4.81. The quantitative estimate of drug-likeness (QED) is 0.469. The number of nitro benzene ring substituents is 1. The molecule has 4 heteroatoms. The topological polar surface area (TPSA) is 60.2 Å². The summed E-state index contributed by atoms with van der Waals surface area (Å²) >= 11 is 0. The van der Waals surface area contributed by atoms with Crippen molar-refractivity contribution in [3.63, 3.8) is 0 Å². The Morgan fingerprint density at radius 1 is 1.05 bits per heavy atom. The molecule has 0 unspecified atom stereocenters. The van der Waals surface area contributed by atoms with E-state index in [0.29, 0.717) is 11.1 Å². The van der Waals surface area contributed by atoms with Gasteiger partial charge < -0.3 is 0 Å². The summed E-state index contributed by atoms with van der Waals surface area (Å²) in [5, 5.41) is 10.7. The number of allylic oxidation sites excluding steroid dienone is 2. The van der Waals surface area contributed by atoms with Crippen LogP contribution < -0.4 is 0 Å². The summed E-state index contributed by atoms with van der Waals surface area (Å²) in [4.78, 5) is 22.3. The van der Waals surface area contributed by atoms with Crippen molar-refractivity contribution in [3.8, 4) is 0 Å². The van der Waals surface area contributed by atoms with E-state index in [1.807, 2.05) is 30.3 Å². The van der Waals surface area contributed by atoms with Crippen molar-refractivity contribution < 1.29 is 9.72 Å². The fourth-order valence-electron chi connectivity index (χ4n) is 1.92. The summed E-state index contributed by atoms with van der Waals surface area (Å²) in [5.41, 5.74) is 2.19. The maximum Gasteiger partial charge on any atom is 0.270 e. The van der Waals surface area contributed by atoms with E-state index >= 15 is 0 Å². The van der Waals surface area contributed by atoms with Gasteiger partial charge in [0, 0.05) is 12.1 Å². The van der Waals surface area contributed by atoms with Crippen molar-refractivity contribution >= 4 is 23.6 Å². The summed E-state index contributed by atoms with van der Waals surface area (Å²) in [7, 11) is 0. The van der Waals surface area contributed by atoms with Crippen LogP contribution in [0.2, 0.25) is 0 Å². The summed E-state index contributed by atoms with van der Waals surface area (Å²) < 4.78 is 0. The van der Waals surface area contributed by atoms with E-state index in [1.54, 1.807) is 31.2 Å². The number of carbonyl (C=O) groups excluding carboxylic acids is 1. The lowest BCUT2D eigenvalue weighted by molar-refractivity contribution is -0.384. The third-order valence-corrected chi connectivity index (χ3v) is 3.08. The van der Waals surface area contributed by atoms with Crippen molar-refractivity contribution in [2.24, 2.45) is 0 Å². The second kappa shape index (κ2) is 7.13. The van der Waals surface area contributed by atoms with Crippen LogP contribution in [0.4, 0.5) is 5.69 Å². The molecule has 0 N–H and O–H groups in total. The van der Waals surface area contributed by atoms with Crippen LogP contribution >= 0.6 is 0 Å². The Hall–Kier alpha value is -3.01. The minimum absolute atomic E-state index is 0.00569. The second-order valence-electron chi connectivity index (χ2n) is 4.79. The van der Waals surface area contributed by atoms with Gasteiger partial charge >= 0.3 is 0 Å². The third-order valence-electron chi connectivity index (χ3n) is 3.08. The van der Waals surface area contributed by atoms with Gasteiger partial charge in [-0.05, 0) is 35.8 Å². The average Bonchev–Trinajstić information content (AvgIpc) is 2.53. The molecule has 110 valence electrons. The molecule has 0 aromatic heterocycles. The number of ketones is 1. The Kier molecular flexibility index (Phi) is 4.98. The highest BCUT2D eigenvalue weighted by atomic mass is 16.6. The number of benzene rings is 2. The first-order valence-electron chi connectivity index (χ1n) is 6.76. The number of hydrogen-bond acceptors (Lipinski definition) is 3. The molecule has 2 aromatic carbocycles. The van der Waals surface area contributed by atoms with E-state index in [9.17, 15) is 14.9 Å². The third kappa shape index (κ3) is 4.24. The SMILES string of the molecule is C/C(=C/c1ccccc1)C(=O)/C=C\c1cccc([N+](=O)[O-])c1. The van der Waals surface area contributed by atoms with Crippen molar-refractivity contribution in [1.29, 1.82) is 0 Å². The number of non-ortho nitro benzene ring substituents is 1. The van der Waals surface area contributed by atoms with Gasteiger partial charge in [0.15, 0.2) is 5.78 Å². The highest BCUT2D eigenvalue weighted by Crippen LogP contribution is 2.15. The van der Waals surface area contributed by atoms with Crippen LogP contribution in [-0.4, -0.2) is 10.7 Å². The number of rotatable bonds is 5. The van der Waals surface area contributed by atoms with Gasteiger partial charge in [-0.15, -0.1) is 0 Å². The Labute approximate surface area is 128 Å². The lowest BCUT2D eigenvalue weighted by Crippen LogP contribution is -1.94.